The lowest BCUT2D eigenvalue weighted by Crippen LogP contribution is -2.42. The molecule has 7 nitrogen and oxygen atoms in total. The van der Waals surface area contributed by atoms with Gasteiger partial charge in [0.2, 0.25) is 0 Å². The highest BCUT2D eigenvalue weighted by atomic mass is 32.1. The summed E-state index contributed by atoms with van der Waals surface area (Å²) in [6.45, 7) is 7.87. The smallest absolute Gasteiger partial charge is 0.273 e. The highest BCUT2D eigenvalue weighted by Gasteiger charge is 2.35. The largest absolute Gasteiger partial charge is 0.375 e. The molecule has 8 heteroatoms. The molecule has 1 amide bonds. The van der Waals surface area contributed by atoms with Gasteiger partial charge in [-0.25, -0.2) is 9.67 Å². The Hall–Kier alpha value is -2.06. The van der Waals surface area contributed by atoms with E-state index in [1.807, 2.05) is 11.6 Å². The molecule has 0 radical (unpaired) electrons. The van der Waals surface area contributed by atoms with E-state index in [2.05, 4.69) is 21.9 Å². The van der Waals surface area contributed by atoms with Gasteiger partial charge in [0.25, 0.3) is 5.91 Å². The normalized spacial score (nSPS) is 17.1. The minimum atomic E-state index is -0.242. The van der Waals surface area contributed by atoms with Crippen molar-refractivity contribution in [1.82, 2.24) is 24.9 Å². The van der Waals surface area contributed by atoms with Crippen LogP contribution in [0.3, 0.4) is 0 Å². The minimum absolute atomic E-state index is 0.0878. The third kappa shape index (κ3) is 3.04. The third-order valence-electron chi connectivity index (χ3n) is 3.87. The van der Waals surface area contributed by atoms with E-state index in [9.17, 15) is 4.79 Å². The van der Waals surface area contributed by atoms with Crippen molar-refractivity contribution in [2.45, 2.75) is 25.9 Å². The van der Waals surface area contributed by atoms with Crippen molar-refractivity contribution in [3.63, 3.8) is 0 Å². The highest BCUT2D eigenvalue weighted by Crippen LogP contribution is 2.29. The SMILES string of the molecule is C=CCOC[C@H]1c2nnn(CC)c2CCN1C(=O)c1cscn1. The Balaban J connectivity index is 1.89. The Bertz CT molecular complexity index is 682. The van der Waals surface area contributed by atoms with E-state index in [-0.39, 0.29) is 11.9 Å². The van der Waals surface area contributed by atoms with Gasteiger partial charge in [-0.05, 0) is 6.92 Å². The number of hydrogen-bond acceptors (Lipinski definition) is 6. The van der Waals surface area contributed by atoms with Crippen molar-refractivity contribution in [1.29, 1.82) is 0 Å². The van der Waals surface area contributed by atoms with Crippen molar-refractivity contribution in [3.8, 4) is 0 Å². The number of aryl methyl sites for hydroxylation is 1. The monoisotopic (exact) mass is 333 g/mol. The van der Waals surface area contributed by atoms with Crippen LogP contribution in [-0.2, 0) is 17.7 Å². The standard InChI is InChI=1S/C15H19N5O2S/c1-3-7-22-8-13-14-12(20(4-2)18-17-14)5-6-19(13)15(21)11-9-23-10-16-11/h3,9-10,13H,1,4-8H2,2H3/t13-/m0/s1. The van der Waals surface area contributed by atoms with Crippen LogP contribution in [0.4, 0.5) is 0 Å². The number of amides is 1. The van der Waals surface area contributed by atoms with Crippen LogP contribution < -0.4 is 0 Å². The van der Waals surface area contributed by atoms with Gasteiger partial charge >= 0.3 is 0 Å². The summed E-state index contributed by atoms with van der Waals surface area (Å²) in [7, 11) is 0. The first kappa shape index (κ1) is 15.8. The third-order valence-corrected chi connectivity index (χ3v) is 4.46. The van der Waals surface area contributed by atoms with Crippen LogP contribution in [0.2, 0.25) is 0 Å². The van der Waals surface area contributed by atoms with Crippen molar-refractivity contribution < 1.29 is 9.53 Å². The number of ether oxygens (including phenoxy) is 1. The fourth-order valence-electron chi connectivity index (χ4n) is 2.79. The Kier molecular flexibility index (Phi) is 4.82. The van der Waals surface area contributed by atoms with Crippen LogP contribution in [0.1, 0.15) is 34.8 Å². The Morgan fingerprint density at radius 1 is 1.61 bits per heavy atom. The Morgan fingerprint density at radius 3 is 3.17 bits per heavy atom. The lowest BCUT2D eigenvalue weighted by atomic mass is 10.0. The first-order valence-corrected chi connectivity index (χ1v) is 8.50. The number of fused-ring (bicyclic) bond motifs is 1. The van der Waals surface area contributed by atoms with Crippen molar-refractivity contribution in [2.75, 3.05) is 19.8 Å². The Morgan fingerprint density at radius 2 is 2.48 bits per heavy atom. The van der Waals surface area contributed by atoms with Crippen LogP contribution in [0.15, 0.2) is 23.5 Å². The average molecular weight is 333 g/mol. The maximum Gasteiger partial charge on any atom is 0.273 e. The zero-order chi connectivity index (χ0) is 16.2. The summed E-state index contributed by atoms with van der Waals surface area (Å²) in [4.78, 5) is 18.6. The number of carbonyl (C=O) groups excluding carboxylic acids is 1. The van der Waals surface area contributed by atoms with Gasteiger partial charge in [0.15, 0.2) is 0 Å². The predicted molar refractivity (Wildman–Crippen MR) is 86.3 cm³/mol. The van der Waals surface area contributed by atoms with Gasteiger partial charge in [0.1, 0.15) is 17.4 Å². The zero-order valence-corrected chi connectivity index (χ0v) is 13.8. The van der Waals surface area contributed by atoms with Gasteiger partial charge in [0, 0.05) is 24.9 Å². The van der Waals surface area contributed by atoms with Crippen LogP contribution in [0.25, 0.3) is 0 Å². The van der Waals surface area contributed by atoms with E-state index in [0.29, 0.717) is 25.5 Å². The molecule has 122 valence electrons. The van der Waals surface area contributed by atoms with Gasteiger partial charge in [0.05, 0.1) is 24.4 Å². The summed E-state index contributed by atoms with van der Waals surface area (Å²) in [6.07, 6.45) is 2.43. The number of hydrogen-bond donors (Lipinski definition) is 0. The second-order valence-corrected chi connectivity index (χ2v) is 5.92. The molecule has 23 heavy (non-hydrogen) atoms. The van der Waals surface area contributed by atoms with Crippen LogP contribution in [-0.4, -0.2) is 50.5 Å². The van der Waals surface area contributed by atoms with Gasteiger partial charge in [-0.3, -0.25) is 4.79 Å². The molecular weight excluding hydrogens is 314 g/mol. The molecule has 0 aromatic carbocycles. The molecule has 3 rings (SSSR count). The molecule has 0 N–H and O–H groups in total. The molecule has 0 fully saturated rings. The minimum Gasteiger partial charge on any atom is -0.375 e. The van der Waals surface area contributed by atoms with Crippen molar-refractivity contribution in [3.05, 3.63) is 40.6 Å². The van der Waals surface area contributed by atoms with Gasteiger partial charge in [-0.15, -0.1) is 23.0 Å². The van der Waals surface area contributed by atoms with E-state index >= 15 is 0 Å². The second-order valence-electron chi connectivity index (χ2n) is 5.20. The fourth-order valence-corrected chi connectivity index (χ4v) is 3.31. The molecule has 1 aliphatic heterocycles. The zero-order valence-electron chi connectivity index (χ0n) is 13.0. The molecule has 0 saturated carbocycles. The number of rotatable bonds is 6. The predicted octanol–water partition coefficient (Wildman–Crippen LogP) is 1.70. The number of carbonyl (C=O) groups is 1. The molecule has 2 aromatic heterocycles. The first-order chi connectivity index (χ1) is 11.3. The number of nitrogens with zero attached hydrogens (tertiary/aromatic N) is 5. The van der Waals surface area contributed by atoms with Crippen LogP contribution in [0.5, 0.6) is 0 Å². The summed E-state index contributed by atoms with van der Waals surface area (Å²) in [5, 5.41) is 10.3. The maximum atomic E-state index is 12.7. The summed E-state index contributed by atoms with van der Waals surface area (Å²) >= 11 is 1.41. The molecule has 1 atom stereocenters. The molecule has 0 saturated heterocycles. The molecule has 1 aliphatic rings. The lowest BCUT2D eigenvalue weighted by Gasteiger charge is -2.34. The molecule has 0 aliphatic carbocycles. The average Bonchev–Trinajstić information content (AvgIpc) is 3.24. The summed E-state index contributed by atoms with van der Waals surface area (Å²) in [5.74, 6) is -0.0878. The summed E-state index contributed by atoms with van der Waals surface area (Å²) in [5.41, 5.74) is 4.04. The summed E-state index contributed by atoms with van der Waals surface area (Å²) in [6, 6.07) is -0.242. The van der Waals surface area contributed by atoms with Gasteiger partial charge in [-0.1, -0.05) is 11.3 Å². The lowest BCUT2D eigenvalue weighted by molar-refractivity contribution is 0.0433. The molecule has 0 bridgehead atoms. The second kappa shape index (κ2) is 7.01. The molecule has 3 heterocycles. The fraction of sp³-hybridized carbons (Fsp3) is 0.467. The van der Waals surface area contributed by atoms with E-state index < -0.39 is 0 Å². The highest BCUT2D eigenvalue weighted by molar-refractivity contribution is 7.07. The molecular formula is C15H19N5O2S. The summed E-state index contributed by atoms with van der Waals surface area (Å²) < 4.78 is 7.50. The number of aromatic nitrogens is 4. The maximum absolute atomic E-state index is 12.7. The quantitative estimate of drug-likeness (QED) is 0.594. The van der Waals surface area contributed by atoms with Gasteiger partial charge in [-0.2, -0.15) is 0 Å². The molecule has 0 spiro atoms. The van der Waals surface area contributed by atoms with E-state index in [1.54, 1.807) is 21.9 Å². The molecule has 2 aromatic rings. The van der Waals surface area contributed by atoms with E-state index in [0.717, 1.165) is 24.4 Å². The van der Waals surface area contributed by atoms with E-state index in [4.69, 9.17) is 4.74 Å². The Labute approximate surface area is 138 Å². The van der Waals surface area contributed by atoms with Crippen LogP contribution in [0, 0.1) is 0 Å². The van der Waals surface area contributed by atoms with Gasteiger partial charge < -0.3 is 9.64 Å². The van der Waals surface area contributed by atoms with Crippen LogP contribution >= 0.6 is 11.3 Å². The molecule has 0 unspecified atom stereocenters. The number of thiazole rings is 1. The topological polar surface area (TPSA) is 73.1 Å². The van der Waals surface area contributed by atoms with Crippen molar-refractivity contribution in [2.24, 2.45) is 0 Å². The van der Waals surface area contributed by atoms with E-state index in [1.165, 1.54) is 11.3 Å². The first-order valence-electron chi connectivity index (χ1n) is 7.56. The van der Waals surface area contributed by atoms with Crippen molar-refractivity contribution >= 4 is 17.2 Å².